The van der Waals surface area contributed by atoms with Crippen LogP contribution in [0.5, 0.6) is 5.75 Å². The largest absolute Gasteiger partial charge is 0.494 e. The van der Waals surface area contributed by atoms with E-state index in [-0.39, 0.29) is 24.0 Å². The summed E-state index contributed by atoms with van der Waals surface area (Å²) in [6.45, 7) is 11.2. The van der Waals surface area contributed by atoms with E-state index in [0.29, 0.717) is 17.0 Å². The maximum Gasteiger partial charge on any atom is 0.330 e. The zero-order chi connectivity index (χ0) is 39.4. The number of carbonyl (C=O) groups excluding carboxylic acids is 2. The second-order valence-corrected chi connectivity index (χ2v) is 15.3. The number of hydrogen-bond acceptors (Lipinski definition) is 6. The van der Waals surface area contributed by atoms with Crippen LogP contribution in [-0.2, 0) is 21.4 Å². The van der Waals surface area contributed by atoms with Gasteiger partial charge in [0.05, 0.1) is 6.61 Å². The number of amides is 1. The molecule has 0 saturated carbocycles. The van der Waals surface area contributed by atoms with Gasteiger partial charge in [0.25, 0.3) is 0 Å². The van der Waals surface area contributed by atoms with Crippen molar-refractivity contribution in [2.75, 3.05) is 6.61 Å². The van der Waals surface area contributed by atoms with Crippen molar-refractivity contribution >= 4 is 17.7 Å². The first-order valence-corrected chi connectivity index (χ1v) is 19.3. The molecule has 1 amide bonds. The monoisotopic (exact) mass is 739 g/mol. The minimum atomic E-state index is -1.25. The molecule has 2 N–H and O–H groups in total. The number of ketones is 1. The molecule has 286 valence electrons. The number of nitrogens with one attached hydrogen (secondary N) is 1. The number of carboxylic acids is 1. The molecule has 8 heteroatoms. The number of carboxylic acid groups (broad SMARTS) is 1. The van der Waals surface area contributed by atoms with E-state index in [1.165, 1.54) is 25.7 Å². The fraction of sp³-hybridized carbons (Fsp3) is 0.340. The average Bonchev–Trinajstić information content (AvgIpc) is 3.18. The zero-order valence-electron chi connectivity index (χ0n) is 32.7. The van der Waals surface area contributed by atoms with Gasteiger partial charge in [0.2, 0.25) is 5.91 Å². The van der Waals surface area contributed by atoms with E-state index >= 15 is 0 Å². The Morgan fingerprint density at radius 3 is 1.96 bits per heavy atom. The normalized spacial score (nSPS) is 12.5. The van der Waals surface area contributed by atoms with Crippen LogP contribution in [0.1, 0.15) is 105 Å². The van der Waals surface area contributed by atoms with E-state index in [0.717, 1.165) is 52.2 Å². The molecule has 0 aliphatic carbocycles. The maximum atomic E-state index is 13.8. The molecular weight excluding hydrogens is 687 g/mol. The molecule has 5 aromatic rings. The number of nitrogens with zero attached hydrogens (tertiary/aromatic N) is 2. The number of ether oxygens (including phenoxy) is 1. The van der Waals surface area contributed by atoms with Crippen LogP contribution in [-0.4, -0.2) is 39.3 Å². The fourth-order valence-corrected chi connectivity index (χ4v) is 6.40. The van der Waals surface area contributed by atoms with Crippen molar-refractivity contribution in [3.8, 4) is 28.3 Å². The number of aryl methyl sites for hydroxylation is 1. The summed E-state index contributed by atoms with van der Waals surface area (Å²) in [5, 5.41) is 12.8. The van der Waals surface area contributed by atoms with Gasteiger partial charge in [-0.25, -0.2) is 14.8 Å². The van der Waals surface area contributed by atoms with Crippen LogP contribution in [0.3, 0.4) is 0 Å². The smallest absolute Gasteiger partial charge is 0.330 e. The molecule has 1 unspecified atom stereocenters. The average molecular weight is 740 g/mol. The molecule has 0 bridgehead atoms. The third-order valence-electron chi connectivity index (χ3n) is 9.87. The van der Waals surface area contributed by atoms with Crippen molar-refractivity contribution in [2.45, 2.75) is 91.0 Å². The number of hydrogen-bond donors (Lipinski definition) is 2. The lowest BCUT2D eigenvalue weighted by Gasteiger charge is -2.21. The van der Waals surface area contributed by atoms with Crippen molar-refractivity contribution in [3.63, 3.8) is 0 Å². The van der Waals surface area contributed by atoms with Crippen LogP contribution in [0.15, 0.2) is 109 Å². The Morgan fingerprint density at radius 1 is 0.745 bits per heavy atom. The topological polar surface area (TPSA) is 118 Å². The zero-order valence-corrected chi connectivity index (χ0v) is 32.7. The van der Waals surface area contributed by atoms with Gasteiger partial charge < -0.3 is 15.2 Å². The van der Waals surface area contributed by atoms with Gasteiger partial charge in [-0.15, -0.1) is 0 Å². The highest BCUT2D eigenvalue weighted by Gasteiger charge is 2.29. The van der Waals surface area contributed by atoms with Crippen LogP contribution in [0.4, 0.5) is 0 Å². The Morgan fingerprint density at radius 2 is 1.36 bits per heavy atom. The van der Waals surface area contributed by atoms with Crippen molar-refractivity contribution < 1.29 is 24.2 Å². The third-order valence-corrected chi connectivity index (χ3v) is 9.87. The highest BCUT2D eigenvalue weighted by atomic mass is 16.5. The number of aliphatic carboxylic acids is 1. The Labute approximate surface area is 325 Å². The molecule has 0 aliphatic heterocycles. The lowest BCUT2D eigenvalue weighted by molar-refractivity contribution is -0.142. The maximum absolute atomic E-state index is 13.8. The van der Waals surface area contributed by atoms with Crippen LogP contribution in [0, 0.1) is 12.8 Å². The van der Waals surface area contributed by atoms with Crippen LogP contribution >= 0.6 is 0 Å². The van der Waals surface area contributed by atoms with E-state index in [1.54, 1.807) is 36.7 Å². The fourth-order valence-electron chi connectivity index (χ4n) is 6.40. The number of unbranched alkanes of at least 4 members (excludes halogenated alkanes) is 4. The summed E-state index contributed by atoms with van der Waals surface area (Å²) < 4.78 is 5.91. The van der Waals surface area contributed by atoms with Crippen molar-refractivity contribution in [1.82, 2.24) is 15.3 Å². The minimum absolute atomic E-state index is 0.0697. The van der Waals surface area contributed by atoms with Gasteiger partial charge in [-0.3, -0.25) is 9.59 Å². The van der Waals surface area contributed by atoms with Crippen molar-refractivity contribution in [3.05, 3.63) is 137 Å². The van der Waals surface area contributed by atoms with Crippen LogP contribution in [0.25, 0.3) is 22.5 Å². The highest BCUT2D eigenvalue weighted by Crippen LogP contribution is 2.27. The van der Waals surface area contributed by atoms with Crippen LogP contribution in [0.2, 0.25) is 0 Å². The summed E-state index contributed by atoms with van der Waals surface area (Å²) in [7, 11) is 0. The summed E-state index contributed by atoms with van der Waals surface area (Å²) in [5.41, 5.74) is 6.48. The molecular formula is C47H53N3O5. The molecule has 5 rings (SSSR count). The summed E-state index contributed by atoms with van der Waals surface area (Å²) >= 11 is 0. The predicted molar refractivity (Wildman–Crippen MR) is 218 cm³/mol. The second-order valence-electron chi connectivity index (χ2n) is 15.3. The van der Waals surface area contributed by atoms with Gasteiger partial charge in [-0.1, -0.05) is 144 Å². The quantitative estimate of drug-likeness (QED) is 0.0678. The minimum Gasteiger partial charge on any atom is -0.494 e. The van der Waals surface area contributed by atoms with Gasteiger partial charge in [0.15, 0.2) is 17.6 Å². The summed E-state index contributed by atoms with van der Waals surface area (Å²) in [6.07, 6.45) is 9.74. The van der Waals surface area contributed by atoms with Gasteiger partial charge in [-0.2, -0.15) is 0 Å². The summed E-state index contributed by atoms with van der Waals surface area (Å²) in [4.78, 5) is 49.0. The van der Waals surface area contributed by atoms with E-state index in [9.17, 15) is 19.5 Å². The van der Waals surface area contributed by atoms with Gasteiger partial charge >= 0.3 is 5.97 Å². The first-order valence-electron chi connectivity index (χ1n) is 19.3. The molecule has 0 radical (unpaired) electrons. The number of Topliss-reactive ketones (excluding diaryl/α,β-unsaturated/α-hetero) is 1. The summed E-state index contributed by atoms with van der Waals surface area (Å²) in [6, 6.07) is 28.8. The standard InChI is InChI=1S/C47H53N3O5/c1-6-7-8-9-10-27-55-41-25-21-34(22-26-41)39-30-48-44(49-31-39)37-17-13-33(14-18-37)28-38(29-42(51)35-19-23-40(24-20-35)47(3,4)5)45(52)50-43(46(53)54)36-15-11-32(2)12-16-36/h11-26,30-31,38,43H,6-10,27-29H2,1-5H3,(H,50,52)(H,53,54)/t38-,43?/m1/s1. The van der Waals surface area contributed by atoms with E-state index in [2.05, 4.69) is 43.0 Å². The summed E-state index contributed by atoms with van der Waals surface area (Å²) in [5.74, 6) is -1.27. The molecule has 8 nitrogen and oxygen atoms in total. The molecule has 2 atom stereocenters. The Balaban J connectivity index is 1.27. The number of carbonyl (C=O) groups is 3. The first kappa shape index (κ1) is 40.6. The molecule has 4 aromatic carbocycles. The molecule has 0 spiro atoms. The predicted octanol–water partition coefficient (Wildman–Crippen LogP) is 10.1. The number of aromatic nitrogens is 2. The van der Waals surface area contributed by atoms with E-state index in [4.69, 9.17) is 4.74 Å². The molecule has 1 heterocycles. The van der Waals surface area contributed by atoms with E-state index < -0.39 is 23.8 Å². The molecule has 0 fully saturated rings. The molecule has 55 heavy (non-hydrogen) atoms. The Hall–Kier alpha value is -5.63. The van der Waals surface area contributed by atoms with Crippen LogP contribution < -0.4 is 10.1 Å². The number of rotatable bonds is 18. The first-order chi connectivity index (χ1) is 26.4. The lowest BCUT2D eigenvalue weighted by atomic mass is 9.85. The molecule has 0 aliphatic rings. The molecule has 1 aromatic heterocycles. The van der Waals surface area contributed by atoms with Gasteiger partial charge in [0.1, 0.15) is 5.75 Å². The molecule has 0 saturated heterocycles. The van der Waals surface area contributed by atoms with Crippen molar-refractivity contribution in [2.24, 2.45) is 5.92 Å². The Bertz CT molecular complexity index is 2000. The highest BCUT2D eigenvalue weighted by molar-refractivity contribution is 5.99. The van der Waals surface area contributed by atoms with Gasteiger partial charge in [-0.05, 0) is 59.6 Å². The lowest BCUT2D eigenvalue weighted by Crippen LogP contribution is -2.39. The van der Waals surface area contributed by atoms with Crippen molar-refractivity contribution in [1.29, 1.82) is 0 Å². The SMILES string of the molecule is CCCCCCCOc1ccc(-c2cnc(-c3ccc(C[C@H](CC(=O)c4ccc(C(C)(C)C)cc4)C(=O)NC(C(=O)O)c4ccc(C)cc4)cc3)nc2)cc1. The van der Waals surface area contributed by atoms with E-state index in [1.807, 2.05) is 79.7 Å². The Kier molecular flexibility index (Phi) is 14.1. The number of benzene rings is 4. The third kappa shape index (κ3) is 11.7. The second kappa shape index (κ2) is 19.1. The van der Waals surface area contributed by atoms with Gasteiger partial charge in [0, 0.05) is 41.4 Å².